The number of aryl methyl sites for hydroxylation is 1. The SMILES string of the molecule is CCC(CC)C(=O)Nc1cccc(-c2nnc(-c3ccccc3C)o2)c1. The normalized spacial score (nSPS) is 10.9. The predicted molar refractivity (Wildman–Crippen MR) is 103 cm³/mol. The molecule has 134 valence electrons. The Hall–Kier alpha value is -2.95. The van der Waals surface area contributed by atoms with Crippen LogP contribution >= 0.6 is 0 Å². The Balaban J connectivity index is 1.83. The van der Waals surface area contributed by atoms with Crippen LogP contribution in [0.1, 0.15) is 32.3 Å². The number of carbonyl (C=O) groups excluding carboxylic acids is 1. The van der Waals surface area contributed by atoms with Crippen molar-refractivity contribution in [1.82, 2.24) is 10.2 Å². The molecule has 0 aliphatic carbocycles. The summed E-state index contributed by atoms with van der Waals surface area (Å²) in [5.41, 5.74) is 3.51. The van der Waals surface area contributed by atoms with Crippen LogP contribution in [0.5, 0.6) is 0 Å². The second kappa shape index (κ2) is 7.95. The van der Waals surface area contributed by atoms with Gasteiger partial charge in [0.15, 0.2) is 0 Å². The van der Waals surface area contributed by atoms with Crippen molar-refractivity contribution in [1.29, 1.82) is 0 Å². The number of amides is 1. The lowest BCUT2D eigenvalue weighted by Crippen LogP contribution is -2.21. The van der Waals surface area contributed by atoms with E-state index in [0.717, 1.165) is 35.2 Å². The van der Waals surface area contributed by atoms with Crippen molar-refractivity contribution < 1.29 is 9.21 Å². The minimum atomic E-state index is 0.0229. The van der Waals surface area contributed by atoms with E-state index in [2.05, 4.69) is 15.5 Å². The summed E-state index contributed by atoms with van der Waals surface area (Å²) in [5.74, 6) is 0.986. The van der Waals surface area contributed by atoms with Crippen LogP contribution in [0.4, 0.5) is 5.69 Å². The molecule has 0 radical (unpaired) electrons. The Bertz CT molecular complexity index is 898. The molecule has 0 aliphatic rings. The molecule has 5 heteroatoms. The van der Waals surface area contributed by atoms with Gasteiger partial charge in [-0.1, -0.05) is 38.1 Å². The lowest BCUT2D eigenvalue weighted by molar-refractivity contribution is -0.120. The molecule has 0 spiro atoms. The highest BCUT2D eigenvalue weighted by Crippen LogP contribution is 2.27. The van der Waals surface area contributed by atoms with Crippen LogP contribution in [0.2, 0.25) is 0 Å². The zero-order valence-electron chi connectivity index (χ0n) is 15.3. The van der Waals surface area contributed by atoms with E-state index in [0.29, 0.717) is 11.8 Å². The molecular weight excluding hydrogens is 326 g/mol. The third-order valence-electron chi connectivity index (χ3n) is 4.53. The number of carbonyl (C=O) groups is 1. The molecular formula is C21H23N3O2. The van der Waals surface area contributed by atoms with Gasteiger partial charge in [0, 0.05) is 22.7 Å². The van der Waals surface area contributed by atoms with Crippen LogP contribution in [-0.4, -0.2) is 16.1 Å². The van der Waals surface area contributed by atoms with E-state index >= 15 is 0 Å². The second-order valence-electron chi connectivity index (χ2n) is 6.31. The topological polar surface area (TPSA) is 68.0 Å². The van der Waals surface area contributed by atoms with Gasteiger partial charge < -0.3 is 9.73 Å². The van der Waals surface area contributed by atoms with Crippen LogP contribution < -0.4 is 5.32 Å². The Labute approximate surface area is 153 Å². The van der Waals surface area contributed by atoms with E-state index in [9.17, 15) is 4.79 Å². The molecule has 0 unspecified atom stereocenters. The van der Waals surface area contributed by atoms with Crippen LogP contribution in [-0.2, 0) is 4.79 Å². The maximum atomic E-state index is 12.3. The van der Waals surface area contributed by atoms with Gasteiger partial charge in [0.2, 0.25) is 17.7 Å². The number of nitrogens with zero attached hydrogens (tertiary/aromatic N) is 2. The molecule has 3 aromatic rings. The van der Waals surface area contributed by atoms with Crippen LogP contribution in [0, 0.1) is 12.8 Å². The maximum Gasteiger partial charge on any atom is 0.248 e. The molecule has 0 saturated heterocycles. The first kappa shape index (κ1) is 17.9. The van der Waals surface area contributed by atoms with Crippen molar-refractivity contribution in [3.05, 3.63) is 54.1 Å². The van der Waals surface area contributed by atoms with Gasteiger partial charge in [-0.15, -0.1) is 10.2 Å². The quantitative estimate of drug-likeness (QED) is 0.673. The number of rotatable bonds is 6. The Morgan fingerprint density at radius 2 is 1.77 bits per heavy atom. The lowest BCUT2D eigenvalue weighted by Gasteiger charge is -2.13. The molecule has 2 aromatic carbocycles. The molecule has 0 fully saturated rings. The summed E-state index contributed by atoms with van der Waals surface area (Å²) >= 11 is 0. The first-order chi connectivity index (χ1) is 12.6. The highest BCUT2D eigenvalue weighted by atomic mass is 16.4. The predicted octanol–water partition coefficient (Wildman–Crippen LogP) is 5.09. The van der Waals surface area contributed by atoms with Gasteiger partial charge in [0.25, 0.3) is 0 Å². The molecule has 1 heterocycles. The summed E-state index contributed by atoms with van der Waals surface area (Å²) in [6.45, 7) is 6.05. The van der Waals surface area contributed by atoms with Crippen LogP contribution in [0.25, 0.3) is 22.9 Å². The molecule has 1 amide bonds. The average molecular weight is 349 g/mol. The summed E-state index contributed by atoms with van der Waals surface area (Å²) in [6.07, 6.45) is 1.65. The van der Waals surface area contributed by atoms with E-state index in [1.54, 1.807) is 0 Å². The second-order valence-corrected chi connectivity index (χ2v) is 6.31. The van der Waals surface area contributed by atoms with Crippen molar-refractivity contribution in [3.63, 3.8) is 0 Å². The van der Waals surface area contributed by atoms with E-state index in [4.69, 9.17) is 4.42 Å². The minimum absolute atomic E-state index is 0.0229. The fraction of sp³-hybridized carbons (Fsp3) is 0.286. The van der Waals surface area contributed by atoms with Gasteiger partial charge in [-0.3, -0.25) is 4.79 Å². The number of hydrogen-bond acceptors (Lipinski definition) is 4. The van der Waals surface area contributed by atoms with Gasteiger partial charge in [0.05, 0.1) is 0 Å². The Kier molecular flexibility index (Phi) is 5.46. The third-order valence-corrected chi connectivity index (χ3v) is 4.53. The van der Waals surface area contributed by atoms with Crippen molar-refractivity contribution in [3.8, 4) is 22.9 Å². The van der Waals surface area contributed by atoms with Gasteiger partial charge in [-0.2, -0.15) is 0 Å². The molecule has 26 heavy (non-hydrogen) atoms. The number of hydrogen-bond donors (Lipinski definition) is 1. The van der Waals surface area contributed by atoms with Gasteiger partial charge >= 0.3 is 0 Å². The van der Waals surface area contributed by atoms with Gasteiger partial charge in [0.1, 0.15) is 0 Å². The van der Waals surface area contributed by atoms with Gasteiger partial charge in [-0.05, 0) is 49.6 Å². The fourth-order valence-corrected chi connectivity index (χ4v) is 2.90. The summed E-state index contributed by atoms with van der Waals surface area (Å²) in [5, 5.41) is 11.3. The largest absolute Gasteiger partial charge is 0.416 e. The molecule has 0 bridgehead atoms. The van der Waals surface area contributed by atoms with Crippen LogP contribution in [0.15, 0.2) is 52.9 Å². The summed E-state index contributed by atoms with van der Waals surface area (Å²) < 4.78 is 5.85. The Morgan fingerprint density at radius 3 is 2.50 bits per heavy atom. The molecule has 5 nitrogen and oxygen atoms in total. The number of aromatic nitrogens is 2. The van der Waals surface area contributed by atoms with E-state index in [-0.39, 0.29) is 11.8 Å². The smallest absolute Gasteiger partial charge is 0.248 e. The molecule has 0 aliphatic heterocycles. The number of benzene rings is 2. The third kappa shape index (κ3) is 3.82. The van der Waals surface area contributed by atoms with Gasteiger partial charge in [-0.25, -0.2) is 0 Å². The minimum Gasteiger partial charge on any atom is -0.416 e. The molecule has 0 saturated carbocycles. The van der Waals surface area contributed by atoms with E-state index < -0.39 is 0 Å². The molecule has 3 rings (SSSR count). The standard InChI is InChI=1S/C21H23N3O2/c1-4-15(5-2)19(25)22-17-11-8-10-16(13-17)20-23-24-21(26-20)18-12-7-6-9-14(18)3/h6-13,15H,4-5H2,1-3H3,(H,22,25). The first-order valence-electron chi connectivity index (χ1n) is 8.93. The van der Waals surface area contributed by atoms with Crippen molar-refractivity contribution in [2.75, 3.05) is 5.32 Å². The zero-order chi connectivity index (χ0) is 18.5. The Morgan fingerprint density at radius 1 is 1.04 bits per heavy atom. The monoisotopic (exact) mass is 349 g/mol. The zero-order valence-corrected chi connectivity index (χ0v) is 15.3. The van der Waals surface area contributed by atoms with Crippen LogP contribution in [0.3, 0.4) is 0 Å². The first-order valence-corrected chi connectivity index (χ1v) is 8.93. The molecule has 0 atom stereocenters. The lowest BCUT2D eigenvalue weighted by atomic mass is 10.0. The summed E-state index contributed by atoms with van der Waals surface area (Å²) in [4.78, 5) is 12.3. The number of nitrogens with one attached hydrogen (secondary N) is 1. The summed E-state index contributed by atoms with van der Waals surface area (Å²) in [7, 11) is 0. The fourth-order valence-electron chi connectivity index (χ4n) is 2.90. The molecule has 1 aromatic heterocycles. The van der Waals surface area contributed by atoms with E-state index in [1.807, 2.05) is 69.3 Å². The van der Waals surface area contributed by atoms with Crippen molar-refractivity contribution in [2.45, 2.75) is 33.6 Å². The highest BCUT2D eigenvalue weighted by molar-refractivity contribution is 5.93. The number of anilines is 1. The van der Waals surface area contributed by atoms with Crippen molar-refractivity contribution >= 4 is 11.6 Å². The van der Waals surface area contributed by atoms with E-state index in [1.165, 1.54) is 0 Å². The molecule has 1 N–H and O–H groups in total. The maximum absolute atomic E-state index is 12.3. The summed E-state index contributed by atoms with van der Waals surface area (Å²) in [6, 6.07) is 15.4. The van der Waals surface area contributed by atoms with Crippen molar-refractivity contribution in [2.24, 2.45) is 5.92 Å². The highest BCUT2D eigenvalue weighted by Gasteiger charge is 2.16. The average Bonchev–Trinajstić information content (AvgIpc) is 3.13.